The predicted molar refractivity (Wildman–Crippen MR) is 82.5 cm³/mol. The summed E-state index contributed by atoms with van der Waals surface area (Å²) in [4.78, 5) is 0. The molecule has 0 radical (unpaired) electrons. The van der Waals surface area contributed by atoms with Crippen LogP contribution in [-0.4, -0.2) is 20.2 Å². The van der Waals surface area contributed by atoms with Crippen molar-refractivity contribution in [2.75, 3.05) is 0 Å². The molecule has 0 fully saturated rings. The van der Waals surface area contributed by atoms with Crippen LogP contribution in [-0.2, 0) is 6.61 Å². The van der Waals surface area contributed by atoms with Crippen molar-refractivity contribution in [3.63, 3.8) is 0 Å². The van der Waals surface area contributed by atoms with Crippen LogP contribution in [0.3, 0.4) is 0 Å². The molecular formula is C16H17N5O. The minimum atomic E-state index is -0.232. The molecule has 6 heteroatoms. The number of ether oxygens (including phenoxy) is 1. The van der Waals surface area contributed by atoms with Crippen molar-refractivity contribution in [2.24, 2.45) is 5.73 Å². The molecule has 0 saturated heterocycles. The Morgan fingerprint density at radius 2 is 1.82 bits per heavy atom. The van der Waals surface area contributed by atoms with Gasteiger partial charge >= 0.3 is 0 Å². The summed E-state index contributed by atoms with van der Waals surface area (Å²) >= 11 is 0. The summed E-state index contributed by atoms with van der Waals surface area (Å²) in [6, 6.07) is 17.4. The zero-order valence-electron chi connectivity index (χ0n) is 12.3. The Morgan fingerprint density at radius 3 is 2.50 bits per heavy atom. The number of benzene rings is 2. The van der Waals surface area contributed by atoms with Gasteiger partial charge in [0.15, 0.2) is 5.82 Å². The molecule has 3 rings (SSSR count). The molecule has 0 spiro atoms. The highest BCUT2D eigenvalue weighted by molar-refractivity contribution is 5.37. The second kappa shape index (κ2) is 6.36. The first-order valence-electron chi connectivity index (χ1n) is 7.05. The Morgan fingerprint density at radius 1 is 1.09 bits per heavy atom. The molecule has 0 saturated carbocycles. The van der Waals surface area contributed by atoms with E-state index in [4.69, 9.17) is 10.5 Å². The lowest BCUT2D eigenvalue weighted by Gasteiger charge is -2.09. The first-order valence-corrected chi connectivity index (χ1v) is 7.05. The van der Waals surface area contributed by atoms with Gasteiger partial charge in [-0.3, -0.25) is 0 Å². The second-order valence-electron chi connectivity index (χ2n) is 5.01. The van der Waals surface area contributed by atoms with Gasteiger partial charge in [0.1, 0.15) is 12.4 Å². The molecule has 1 heterocycles. The minimum absolute atomic E-state index is 0.232. The second-order valence-corrected chi connectivity index (χ2v) is 5.01. The molecule has 1 atom stereocenters. The van der Waals surface area contributed by atoms with Gasteiger partial charge in [-0.05, 0) is 47.2 Å². The Hall–Kier alpha value is -2.73. The summed E-state index contributed by atoms with van der Waals surface area (Å²) < 4.78 is 7.39. The van der Waals surface area contributed by atoms with E-state index in [2.05, 4.69) is 15.5 Å². The summed E-state index contributed by atoms with van der Waals surface area (Å²) in [5.74, 6) is 1.42. The van der Waals surface area contributed by atoms with Crippen LogP contribution in [0.15, 0.2) is 54.6 Å². The highest BCUT2D eigenvalue weighted by Crippen LogP contribution is 2.18. The van der Waals surface area contributed by atoms with E-state index in [1.54, 1.807) is 4.68 Å². The van der Waals surface area contributed by atoms with Crippen LogP contribution in [0.25, 0.3) is 5.69 Å². The van der Waals surface area contributed by atoms with E-state index in [0.29, 0.717) is 12.4 Å². The summed E-state index contributed by atoms with van der Waals surface area (Å²) in [5.41, 5.74) is 7.83. The van der Waals surface area contributed by atoms with Crippen LogP contribution < -0.4 is 10.5 Å². The predicted octanol–water partition coefficient (Wildman–Crippen LogP) is 2.26. The molecule has 22 heavy (non-hydrogen) atoms. The maximum absolute atomic E-state index is 5.85. The molecule has 1 unspecified atom stereocenters. The van der Waals surface area contributed by atoms with Gasteiger partial charge < -0.3 is 10.5 Å². The molecule has 0 amide bonds. The fraction of sp³-hybridized carbons (Fsp3) is 0.188. The highest BCUT2D eigenvalue weighted by atomic mass is 16.5. The molecule has 1 aromatic heterocycles. The molecule has 2 N–H and O–H groups in total. The van der Waals surface area contributed by atoms with Crippen molar-refractivity contribution < 1.29 is 4.74 Å². The van der Waals surface area contributed by atoms with Gasteiger partial charge in [-0.15, -0.1) is 5.10 Å². The lowest BCUT2D eigenvalue weighted by atomic mass is 10.2. The van der Waals surface area contributed by atoms with Crippen molar-refractivity contribution in [2.45, 2.75) is 19.6 Å². The first kappa shape index (κ1) is 14.2. The van der Waals surface area contributed by atoms with E-state index in [0.717, 1.165) is 17.0 Å². The van der Waals surface area contributed by atoms with E-state index in [-0.39, 0.29) is 6.04 Å². The topological polar surface area (TPSA) is 78.9 Å². The van der Waals surface area contributed by atoms with Crippen molar-refractivity contribution in [1.82, 2.24) is 20.2 Å². The van der Waals surface area contributed by atoms with Gasteiger partial charge in [0.2, 0.25) is 0 Å². The van der Waals surface area contributed by atoms with Gasteiger partial charge in [0.05, 0.1) is 11.7 Å². The lowest BCUT2D eigenvalue weighted by Crippen LogP contribution is -2.13. The smallest absolute Gasteiger partial charge is 0.173 e. The molecular weight excluding hydrogens is 278 g/mol. The van der Waals surface area contributed by atoms with E-state index in [1.807, 2.05) is 61.5 Å². The molecule has 2 aromatic carbocycles. The largest absolute Gasteiger partial charge is 0.489 e. The lowest BCUT2D eigenvalue weighted by molar-refractivity contribution is 0.306. The summed E-state index contributed by atoms with van der Waals surface area (Å²) in [6.07, 6.45) is 0. The monoisotopic (exact) mass is 295 g/mol. The molecule has 0 aliphatic rings. The summed E-state index contributed by atoms with van der Waals surface area (Å²) in [6.45, 7) is 2.38. The van der Waals surface area contributed by atoms with E-state index in [1.165, 1.54) is 0 Å². The Balaban J connectivity index is 1.71. The molecule has 112 valence electrons. The molecule has 0 bridgehead atoms. The number of nitrogens with zero attached hydrogens (tertiary/aromatic N) is 4. The van der Waals surface area contributed by atoms with E-state index >= 15 is 0 Å². The average Bonchev–Trinajstić information content (AvgIpc) is 3.04. The maximum Gasteiger partial charge on any atom is 0.173 e. The van der Waals surface area contributed by atoms with Crippen LogP contribution in [0.1, 0.15) is 24.4 Å². The third kappa shape index (κ3) is 3.12. The number of nitrogens with two attached hydrogens (primary N) is 1. The zero-order valence-corrected chi connectivity index (χ0v) is 12.3. The first-order chi connectivity index (χ1) is 10.7. The zero-order chi connectivity index (χ0) is 15.4. The van der Waals surface area contributed by atoms with Gasteiger partial charge in [0.25, 0.3) is 0 Å². The standard InChI is InChI=1S/C16H17N5O/c1-12(17)16-18-19-20-21(16)14-7-9-15(10-8-14)22-11-13-5-3-2-4-6-13/h2-10,12H,11,17H2,1H3. The maximum atomic E-state index is 5.85. The number of tetrazole rings is 1. The van der Waals surface area contributed by atoms with Crippen LogP contribution in [0.4, 0.5) is 0 Å². The van der Waals surface area contributed by atoms with E-state index in [9.17, 15) is 0 Å². The van der Waals surface area contributed by atoms with Crippen LogP contribution in [0.5, 0.6) is 5.75 Å². The van der Waals surface area contributed by atoms with Crippen LogP contribution in [0, 0.1) is 0 Å². The molecule has 3 aromatic rings. The fourth-order valence-corrected chi connectivity index (χ4v) is 2.09. The average molecular weight is 295 g/mol. The van der Waals surface area contributed by atoms with Crippen molar-refractivity contribution >= 4 is 0 Å². The van der Waals surface area contributed by atoms with Gasteiger partial charge in [-0.2, -0.15) is 4.68 Å². The van der Waals surface area contributed by atoms with Crippen molar-refractivity contribution in [1.29, 1.82) is 0 Å². The van der Waals surface area contributed by atoms with Crippen molar-refractivity contribution in [3.8, 4) is 11.4 Å². The number of aromatic nitrogens is 4. The van der Waals surface area contributed by atoms with Gasteiger partial charge in [-0.1, -0.05) is 30.3 Å². The Bertz CT molecular complexity index is 722. The molecule has 0 aliphatic heterocycles. The number of rotatable bonds is 5. The third-order valence-corrected chi connectivity index (χ3v) is 3.23. The van der Waals surface area contributed by atoms with E-state index < -0.39 is 0 Å². The van der Waals surface area contributed by atoms with Crippen LogP contribution >= 0.6 is 0 Å². The minimum Gasteiger partial charge on any atom is -0.489 e. The normalized spacial score (nSPS) is 12.1. The van der Waals surface area contributed by atoms with Gasteiger partial charge in [0, 0.05) is 0 Å². The summed E-state index contributed by atoms with van der Waals surface area (Å²) in [7, 11) is 0. The summed E-state index contributed by atoms with van der Waals surface area (Å²) in [5, 5.41) is 11.6. The number of hydrogen-bond donors (Lipinski definition) is 1. The molecule has 6 nitrogen and oxygen atoms in total. The Labute approximate surface area is 128 Å². The fourth-order valence-electron chi connectivity index (χ4n) is 2.09. The third-order valence-electron chi connectivity index (χ3n) is 3.23. The SMILES string of the molecule is CC(N)c1nnnn1-c1ccc(OCc2ccccc2)cc1. The number of hydrogen-bond acceptors (Lipinski definition) is 5. The highest BCUT2D eigenvalue weighted by Gasteiger charge is 2.11. The molecule has 0 aliphatic carbocycles. The van der Waals surface area contributed by atoms with Gasteiger partial charge in [-0.25, -0.2) is 0 Å². The Kier molecular flexibility index (Phi) is 4.11. The quantitative estimate of drug-likeness (QED) is 0.781. The van der Waals surface area contributed by atoms with Crippen LogP contribution in [0.2, 0.25) is 0 Å². The van der Waals surface area contributed by atoms with Crippen molar-refractivity contribution in [3.05, 3.63) is 66.0 Å².